The first-order valence-electron chi connectivity index (χ1n) is 8.21. The molecule has 0 saturated carbocycles. The van der Waals surface area contributed by atoms with Crippen molar-refractivity contribution in [2.24, 2.45) is 5.92 Å². The minimum atomic E-state index is -3.31. The molecule has 1 aromatic rings. The Morgan fingerprint density at radius 3 is 2.65 bits per heavy atom. The van der Waals surface area contributed by atoms with Crippen LogP contribution in [0.1, 0.15) is 12.8 Å². The molecule has 26 heavy (non-hydrogen) atoms. The zero-order valence-corrected chi connectivity index (χ0v) is 16.5. The topological polar surface area (TPSA) is 110 Å². The highest BCUT2D eigenvalue weighted by atomic mass is 32.2. The van der Waals surface area contributed by atoms with Crippen LogP contribution >= 0.6 is 0 Å². The van der Waals surface area contributed by atoms with Gasteiger partial charge in [0.25, 0.3) is 0 Å². The van der Waals surface area contributed by atoms with Gasteiger partial charge in [0.1, 0.15) is 12.4 Å². The Kier molecular flexibility index (Phi) is 6.64. The molecule has 1 fully saturated rings. The lowest BCUT2D eigenvalue weighted by Gasteiger charge is -2.30. The van der Waals surface area contributed by atoms with Gasteiger partial charge in [-0.15, -0.1) is 0 Å². The van der Waals surface area contributed by atoms with Crippen LogP contribution in [0.2, 0.25) is 0 Å². The minimum absolute atomic E-state index is 0.0299. The van der Waals surface area contributed by atoms with Gasteiger partial charge in [-0.25, -0.2) is 21.1 Å². The third kappa shape index (κ3) is 6.58. The van der Waals surface area contributed by atoms with Gasteiger partial charge in [-0.1, -0.05) is 6.07 Å². The Bertz CT molecular complexity index is 851. The molecule has 10 heteroatoms. The fraction of sp³-hybridized carbons (Fsp3) is 0.562. The number of hydrogen-bond donors (Lipinski definition) is 1. The predicted octanol–water partition coefficient (Wildman–Crippen LogP) is 0.720. The first kappa shape index (κ1) is 20.7. The second-order valence-corrected chi connectivity index (χ2v) is 10.7. The maximum atomic E-state index is 12.4. The van der Waals surface area contributed by atoms with Crippen molar-refractivity contribution in [2.45, 2.75) is 12.8 Å². The molecule has 1 aliphatic heterocycles. The number of anilines is 1. The second kappa shape index (κ2) is 8.36. The lowest BCUT2D eigenvalue weighted by Crippen LogP contribution is -2.43. The fourth-order valence-electron chi connectivity index (χ4n) is 2.68. The van der Waals surface area contributed by atoms with E-state index in [2.05, 4.69) is 5.32 Å². The molecule has 1 aliphatic rings. The van der Waals surface area contributed by atoms with Crippen molar-refractivity contribution in [1.82, 2.24) is 4.31 Å². The maximum Gasteiger partial charge on any atom is 0.228 e. The van der Waals surface area contributed by atoms with Crippen LogP contribution in [-0.2, 0) is 24.7 Å². The molecule has 0 aliphatic carbocycles. The van der Waals surface area contributed by atoms with Crippen molar-refractivity contribution < 1.29 is 26.4 Å². The maximum absolute atomic E-state index is 12.4. The quantitative estimate of drug-likeness (QED) is 0.717. The zero-order chi connectivity index (χ0) is 19.4. The van der Waals surface area contributed by atoms with Crippen LogP contribution in [0.5, 0.6) is 5.75 Å². The SMILES string of the molecule is CS(=O)(=O)CCOc1cccc(NC(=O)C2CCCN(S(C)(=O)=O)C2)c1. The van der Waals surface area contributed by atoms with Crippen molar-refractivity contribution in [3.8, 4) is 5.75 Å². The molecule has 1 saturated heterocycles. The van der Waals surface area contributed by atoms with Crippen molar-refractivity contribution in [3.05, 3.63) is 24.3 Å². The Balaban J connectivity index is 1.95. The standard InChI is InChI=1S/C16H24N2O6S2/c1-25(20,21)10-9-24-15-7-3-6-14(11-15)17-16(19)13-5-4-8-18(12-13)26(2,22)23/h3,6-7,11,13H,4-5,8-10,12H2,1-2H3,(H,17,19). The van der Waals surface area contributed by atoms with E-state index in [9.17, 15) is 21.6 Å². The lowest BCUT2D eigenvalue weighted by molar-refractivity contribution is -0.120. The first-order chi connectivity index (χ1) is 12.0. The summed E-state index contributed by atoms with van der Waals surface area (Å²) in [6, 6.07) is 6.66. The summed E-state index contributed by atoms with van der Waals surface area (Å²) in [5, 5.41) is 2.77. The number of nitrogens with zero attached hydrogens (tertiary/aromatic N) is 1. The Labute approximate surface area is 154 Å². The molecule has 1 N–H and O–H groups in total. The van der Waals surface area contributed by atoms with Crippen molar-refractivity contribution >= 4 is 31.5 Å². The van der Waals surface area contributed by atoms with E-state index < -0.39 is 25.8 Å². The monoisotopic (exact) mass is 404 g/mol. The Morgan fingerprint density at radius 1 is 1.27 bits per heavy atom. The average Bonchev–Trinajstić information content (AvgIpc) is 2.53. The van der Waals surface area contributed by atoms with Gasteiger partial charge in [0.2, 0.25) is 15.9 Å². The van der Waals surface area contributed by atoms with Gasteiger partial charge in [0.05, 0.1) is 17.9 Å². The van der Waals surface area contributed by atoms with Crippen LogP contribution in [0.4, 0.5) is 5.69 Å². The number of sulfone groups is 1. The van der Waals surface area contributed by atoms with Crippen LogP contribution in [0.15, 0.2) is 24.3 Å². The highest BCUT2D eigenvalue weighted by Gasteiger charge is 2.30. The number of rotatable bonds is 7. The average molecular weight is 405 g/mol. The molecule has 1 unspecified atom stereocenters. The normalized spacial score (nSPS) is 19.1. The number of piperidine rings is 1. The van der Waals surface area contributed by atoms with E-state index in [1.54, 1.807) is 24.3 Å². The number of carbonyl (C=O) groups excluding carboxylic acids is 1. The number of hydrogen-bond acceptors (Lipinski definition) is 6. The molecule has 1 amide bonds. The number of benzene rings is 1. The highest BCUT2D eigenvalue weighted by molar-refractivity contribution is 7.90. The van der Waals surface area contributed by atoms with Gasteiger partial charge in [0, 0.05) is 31.1 Å². The van der Waals surface area contributed by atoms with Crippen molar-refractivity contribution in [3.63, 3.8) is 0 Å². The number of carbonyl (C=O) groups is 1. The van der Waals surface area contributed by atoms with Crippen molar-refractivity contribution in [2.75, 3.05) is 43.3 Å². The molecular weight excluding hydrogens is 380 g/mol. The lowest BCUT2D eigenvalue weighted by atomic mass is 9.98. The molecule has 1 heterocycles. The van der Waals surface area contributed by atoms with Crippen LogP contribution in [0, 0.1) is 5.92 Å². The largest absolute Gasteiger partial charge is 0.492 e. The predicted molar refractivity (Wildman–Crippen MR) is 99.4 cm³/mol. The van der Waals surface area contributed by atoms with Gasteiger partial charge in [-0.2, -0.15) is 0 Å². The zero-order valence-electron chi connectivity index (χ0n) is 14.8. The molecular formula is C16H24N2O6S2. The number of ether oxygens (including phenoxy) is 1. The van der Waals surface area contributed by atoms with Gasteiger partial charge < -0.3 is 10.1 Å². The van der Waals surface area contributed by atoms with Crippen LogP contribution < -0.4 is 10.1 Å². The highest BCUT2D eigenvalue weighted by Crippen LogP contribution is 2.22. The number of nitrogens with one attached hydrogen (secondary N) is 1. The van der Waals surface area contributed by atoms with Crippen LogP contribution in [0.3, 0.4) is 0 Å². The van der Waals surface area contributed by atoms with E-state index in [4.69, 9.17) is 4.74 Å². The van der Waals surface area contributed by atoms with E-state index in [1.807, 2.05) is 0 Å². The van der Waals surface area contributed by atoms with E-state index in [1.165, 1.54) is 4.31 Å². The summed E-state index contributed by atoms with van der Waals surface area (Å²) in [5.74, 6) is -0.291. The molecule has 0 spiro atoms. The summed E-state index contributed by atoms with van der Waals surface area (Å²) in [6.45, 7) is 0.643. The van der Waals surface area contributed by atoms with E-state index in [0.717, 1.165) is 12.5 Å². The molecule has 146 valence electrons. The summed E-state index contributed by atoms with van der Waals surface area (Å²) in [6.07, 6.45) is 3.55. The van der Waals surface area contributed by atoms with Gasteiger partial charge >= 0.3 is 0 Å². The smallest absolute Gasteiger partial charge is 0.228 e. The summed E-state index contributed by atoms with van der Waals surface area (Å²) < 4.78 is 52.3. The van der Waals surface area contributed by atoms with Gasteiger partial charge in [-0.05, 0) is 25.0 Å². The Morgan fingerprint density at radius 2 is 2.00 bits per heavy atom. The molecule has 0 bridgehead atoms. The summed E-state index contributed by atoms with van der Waals surface area (Å²) in [7, 11) is -6.41. The van der Waals surface area contributed by atoms with Crippen LogP contribution in [0.25, 0.3) is 0 Å². The number of sulfonamides is 1. The molecule has 1 aromatic carbocycles. The Hall–Kier alpha value is -1.65. The van der Waals surface area contributed by atoms with Gasteiger partial charge in [-0.3, -0.25) is 4.79 Å². The number of amides is 1. The third-order valence-corrected chi connectivity index (χ3v) is 6.23. The molecule has 8 nitrogen and oxygen atoms in total. The minimum Gasteiger partial charge on any atom is -0.492 e. The third-order valence-electron chi connectivity index (χ3n) is 4.05. The fourth-order valence-corrected chi connectivity index (χ4v) is 3.97. The molecule has 0 aromatic heterocycles. The first-order valence-corrected chi connectivity index (χ1v) is 12.1. The van der Waals surface area contributed by atoms with E-state index >= 15 is 0 Å². The second-order valence-electron chi connectivity index (χ2n) is 6.46. The molecule has 0 radical (unpaired) electrons. The van der Waals surface area contributed by atoms with Crippen molar-refractivity contribution in [1.29, 1.82) is 0 Å². The summed E-state index contributed by atoms with van der Waals surface area (Å²) >= 11 is 0. The summed E-state index contributed by atoms with van der Waals surface area (Å²) in [4.78, 5) is 12.4. The van der Waals surface area contributed by atoms with E-state index in [0.29, 0.717) is 30.8 Å². The summed E-state index contributed by atoms with van der Waals surface area (Å²) in [5.41, 5.74) is 0.517. The molecule has 2 rings (SSSR count). The van der Waals surface area contributed by atoms with Crippen LogP contribution in [-0.4, -0.2) is 65.0 Å². The van der Waals surface area contributed by atoms with E-state index in [-0.39, 0.29) is 24.8 Å². The molecule has 1 atom stereocenters. The van der Waals surface area contributed by atoms with Gasteiger partial charge in [0.15, 0.2) is 9.84 Å².